The zero-order valence-electron chi connectivity index (χ0n) is 15.8. The zero-order valence-corrected chi connectivity index (χ0v) is 16.6. The van der Waals surface area contributed by atoms with Crippen molar-refractivity contribution in [3.8, 4) is 22.4 Å². The van der Waals surface area contributed by atoms with E-state index in [1.807, 2.05) is 36.4 Å². The van der Waals surface area contributed by atoms with E-state index in [4.69, 9.17) is 5.11 Å². The van der Waals surface area contributed by atoms with Crippen LogP contribution in [0.15, 0.2) is 71.8 Å². The monoisotopic (exact) mass is 392 g/mol. The smallest absolute Gasteiger partial charge is 0.303 e. The summed E-state index contributed by atoms with van der Waals surface area (Å²) in [5.41, 5.74) is 4.17. The average Bonchev–Trinajstić information content (AvgIpc) is 2.74. The van der Waals surface area contributed by atoms with Gasteiger partial charge >= 0.3 is 5.97 Å². The van der Waals surface area contributed by atoms with Gasteiger partial charge in [0, 0.05) is 17.5 Å². The summed E-state index contributed by atoms with van der Waals surface area (Å²) in [6.45, 7) is 0. The van der Waals surface area contributed by atoms with Crippen molar-refractivity contribution in [3.63, 3.8) is 0 Å². The van der Waals surface area contributed by atoms with Crippen LogP contribution in [0.5, 0.6) is 0 Å². The molecule has 0 unspecified atom stereocenters. The molecule has 1 aromatic heterocycles. The lowest BCUT2D eigenvalue weighted by Gasteiger charge is -2.10. The van der Waals surface area contributed by atoms with E-state index >= 15 is 0 Å². The second kappa shape index (κ2) is 10.6. The molecule has 1 heterocycles. The Morgan fingerprint density at radius 2 is 1.46 bits per heavy atom. The quantitative estimate of drug-likeness (QED) is 0.342. The second-order valence-electron chi connectivity index (χ2n) is 6.58. The molecule has 1 N–H and O–H groups in total. The molecule has 3 aromatic rings. The van der Waals surface area contributed by atoms with E-state index in [9.17, 15) is 4.79 Å². The van der Waals surface area contributed by atoms with Gasteiger partial charge in [-0.1, -0.05) is 73.5 Å². The number of rotatable bonds is 10. The van der Waals surface area contributed by atoms with Gasteiger partial charge in [-0.2, -0.15) is 0 Å². The third-order valence-corrected chi connectivity index (χ3v) is 5.43. The lowest BCUT2D eigenvalue weighted by molar-refractivity contribution is -0.137. The summed E-state index contributed by atoms with van der Waals surface area (Å²) in [5.74, 6) is 0.248. The van der Waals surface area contributed by atoms with E-state index in [1.165, 1.54) is 0 Å². The summed E-state index contributed by atoms with van der Waals surface area (Å²) in [5, 5.41) is 18.6. The van der Waals surface area contributed by atoms with Crippen molar-refractivity contribution in [1.29, 1.82) is 0 Å². The Balaban J connectivity index is 1.68. The van der Waals surface area contributed by atoms with Crippen molar-refractivity contribution in [2.24, 2.45) is 0 Å². The van der Waals surface area contributed by atoms with Crippen LogP contribution in [0.3, 0.4) is 0 Å². The molecule has 2 aromatic carbocycles. The molecule has 0 saturated carbocycles. The second-order valence-corrected chi connectivity index (χ2v) is 7.70. The maximum absolute atomic E-state index is 10.5. The average molecular weight is 393 g/mol. The first kappa shape index (κ1) is 20.1. The van der Waals surface area contributed by atoms with Crippen LogP contribution in [0.4, 0.5) is 0 Å². The molecule has 144 valence electrons. The number of nitrogens with zero attached hydrogens (tertiary/aromatic N) is 2. The molecule has 28 heavy (non-hydrogen) atoms. The summed E-state index contributed by atoms with van der Waals surface area (Å²) in [4.78, 5) is 10.5. The summed E-state index contributed by atoms with van der Waals surface area (Å²) in [6.07, 6.45) is 4.07. The number of unbranched alkanes of at least 4 members (excludes halogenated alkanes) is 3. The van der Waals surface area contributed by atoms with Crippen molar-refractivity contribution in [3.05, 3.63) is 66.7 Å². The molecule has 0 radical (unpaired) electrons. The highest BCUT2D eigenvalue weighted by molar-refractivity contribution is 7.99. The Bertz CT molecular complexity index is 886. The molecule has 0 spiro atoms. The lowest BCUT2D eigenvalue weighted by atomic mass is 10.0. The molecule has 0 atom stereocenters. The molecule has 5 heteroatoms. The molecule has 4 nitrogen and oxygen atoms in total. The highest BCUT2D eigenvalue weighted by atomic mass is 32.2. The molecular weight excluding hydrogens is 368 g/mol. The number of carbonyl (C=O) groups is 1. The number of carboxylic acids is 1. The first-order valence-corrected chi connectivity index (χ1v) is 10.6. The minimum Gasteiger partial charge on any atom is -0.481 e. The van der Waals surface area contributed by atoms with Gasteiger partial charge in [0.1, 0.15) is 10.7 Å². The van der Waals surface area contributed by atoms with Crippen molar-refractivity contribution in [1.82, 2.24) is 10.2 Å². The van der Waals surface area contributed by atoms with E-state index in [-0.39, 0.29) is 6.42 Å². The number of hydrogen-bond acceptors (Lipinski definition) is 4. The molecule has 0 bridgehead atoms. The highest BCUT2D eigenvalue weighted by Gasteiger charge is 2.11. The fraction of sp³-hybridized carbons (Fsp3) is 0.261. The number of aromatic nitrogens is 2. The fourth-order valence-electron chi connectivity index (χ4n) is 3.00. The third-order valence-electron chi connectivity index (χ3n) is 4.44. The normalized spacial score (nSPS) is 10.7. The van der Waals surface area contributed by atoms with E-state index in [2.05, 4.69) is 40.5 Å². The number of benzene rings is 2. The maximum atomic E-state index is 10.5. The van der Waals surface area contributed by atoms with Crippen LogP contribution in [0.1, 0.15) is 32.1 Å². The predicted molar refractivity (Wildman–Crippen MR) is 114 cm³/mol. The Labute approximate surface area is 170 Å². The van der Waals surface area contributed by atoms with Crippen molar-refractivity contribution < 1.29 is 9.90 Å². The predicted octanol–water partition coefficient (Wildman–Crippen LogP) is 5.94. The van der Waals surface area contributed by atoms with E-state index in [1.54, 1.807) is 11.8 Å². The maximum Gasteiger partial charge on any atom is 0.303 e. The van der Waals surface area contributed by atoms with Crippen molar-refractivity contribution >= 4 is 17.7 Å². The summed E-state index contributed by atoms with van der Waals surface area (Å²) in [7, 11) is 0. The Morgan fingerprint density at radius 1 is 0.821 bits per heavy atom. The number of hydrogen-bond donors (Lipinski definition) is 1. The van der Waals surface area contributed by atoms with E-state index in [0.29, 0.717) is 0 Å². The van der Waals surface area contributed by atoms with Crippen LogP contribution < -0.4 is 0 Å². The van der Waals surface area contributed by atoms with Crippen molar-refractivity contribution in [2.75, 3.05) is 5.75 Å². The van der Waals surface area contributed by atoms with Crippen LogP contribution in [0.25, 0.3) is 22.4 Å². The molecule has 0 amide bonds. The van der Waals surface area contributed by atoms with Gasteiger partial charge in [0.2, 0.25) is 0 Å². The minimum atomic E-state index is -0.711. The molecule has 0 aliphatic carbocycles. The number of aliphatic carboxylic acids is 1. The van der Waals surface area contributed by atoms with Gasteiger partial charge in [-0.3, -0.25) is 4.79 Å². The largest absolute Gasteiger partial charge is 0.481 e. The van der Waals surface area contributed by atoms with Crippen LogP contribution in [-0.2, 0) is 4.79 Å². The molecule has 0 aliphatic rings. The van der Waals surface area contributed by atoms with Crippen LogP contribution in [0.2, 0.25) is 0 Å². The van der Waals surface area contributed by atoms with Crippen LogP contribution in [-0.4, -0.2) is 27.0 Å². The summed E-state index contributed by atoms with van der Waals surface area (Å²) < 4.78 is 0. The minimum absolute atomic E-state index is 0.264. The SMILES string of the molecule is O=C(O)CCCCCCSc1cc(-c2ccccc2)c(-c2ccccc2)nn1. The van der Waals surface area contributed by atoms with Gasteiger partial charge < -0.3 is 5.11 Å². The summed E-state index contributed by atoms with van der Waals surface area (Å²) >= 11 is 1.71. The first-order chi connectivity index (χ1) is 13.7. The molecule has 0 saturated heterocycles. The van der Waals surface area contributed by atoms with E-state index < -0.39 is 5.97 Å². The van der Waals surface area contributed by atoms with Gasteiger partial charge in [0.05, 0.1) is 0 Å². The number of carboxylic acid groups (broad SMARTS) is 1. The first-order valence-electron chi connectivity index (χ1n) is 9.57. The standard InChI is InChI=1S/C23H24N2O2S/c26-22(27)15-9-1-2-10-16-28-21-17-20(18-11-5-3-6-12-18)23(25-24-21)19-13-7-4-8-14-19/h3-8,11-14,17H,1-2,9-10,15-16H2,(H,26,27). The zero-order chi connectivity index (χ0) is 19.6. The van der Waals surface area contributed by atoms with Gasteiger partial charge in [0.25, 0.3) is 0 Å². The van der Waals surface area contributed by atoms with Crippen LogP contribution >= 0.6 is 11.8 Å². The molecule has 3 rings (SSSR count). The fourth-order valence-corrected chi connectivity index (χ4v) is 3.86. The van der Waals surface area contributed by atoms with Gasteiger partial charge in [-0.15, -0.1) is 22.0 Å². The molecule has 0 fully saturated rings. The van der Waals surface area contributed by atoms with Gasteiger partial charge in [0.15, 0.2) is 0 Å². The van der Waals surface area contributed by atoms with Crippen LogP contribution in [0, 0.1) is 0 Å². The van der Waals surface area contributed by atoms with Gasteiger partial charge in [-0.25, -0.2) is 0 Å². The van der Waals surface area contributed by atoms with E-state index in [0.717, 1.165) is 58.8 Å². The Morgan fingerprint density at radius 3 is 2.14 bits per heavy atom. The Hall–Kier alpha value is -2.66. The topological polar surface area (TPSA) is 63.1 Å². The van der Waals surface area contributed by atoms with Gasteiger partial charge in [-0.05, 0) is 30.2 Å². The number of thioether (sulfide) groups is 1. The third kappa shape index (κ3) is 5.92. The Kier molecular flexibility index (Phi) is 7.62. The van der Waals surface area contributed by atoms with Crippen molar-refractivity contribution in [2.45, 2.75) is 37.1 Å². The molecule has 0 aliphatic heterocycles. The lowest BCUT2D eigenvalue weighted by Crippen LogP contribution is -1.95. The molecular formula is C23H24N2O2S. The highest BCUT2D eigenvalue weighted by Crippen LogP contribution is 2.32. The summed E-state index contributed by atoms with van der Waals surface area (Å²) in [6, 6.07) is 22.5.